The topological polar surface area (TPSA) is 12.0 Å². The van der Waals surface area contributed by atoms with Crippen molar-refractivity contribution < 1.29 is 0 Å². The Hall–Kier alpha value is -1.25. The molecule has 1 N–H and O–H groups in total. The summed E-state index contributed by atoms with van der Waals surface area (Å²) in [5.41, 5.74) is 2.78. The van der Waals surface area contributed by atoms with Crippen LogP contribution in [0.2, 0.25) is 0 Å². The molecule has 0 saturated heterocycles. The maximum atomic E-state index is 3.69. The van der Waals surface area contributed by atoms with Gasteiger partial charge in [0.1, 0.15) is 0 Å². The first-order valence-electron chi connectivity index (χ1n) is 7.81. The molecule has 0 radical (unpaired) electrons. The summed E-state index contributed by atoms with van der Waals surface area (Å²) in [5, 5.41) is 4.14. The van der Waals surface area contributed by atoms with Gasteiger partial charge in [-0.05, 0) is 29.8 Å². The van der Waals surface area contributed by atoms with Crippen molar-refractivity contribution in [2.75, 3.05) is 12.3 Å². The predicted octanol–water partition coefficient (Wildman–Crippen LogP) is 5.22. The molecule has 2 unspecified atom stereocenters. The molecule has 0 heterocycles. The number of thioether (sulfide) groups is 1. The van der Waals surface area contributed by atoms with E-state index >= 15 is 0 Å². The molecule has 2 atom stereocenters. The Balaban J connectivity index is 2.31. The minimum absolute atomic E-state index is 0.357. The van der Waals surface area contributed by atoms with Crippen LogP contribution < -0.4 is 5.32 Å². The molecule has 0 spiro atoms. The van der Waals surface area contributed by atoms with E-state index in [0.717, 1.165) is 6.54 Å². The molecule has 0 saturated carbocycles. The maximum absolute atomic E-state index is 3.69. The fraction of sp³-hybridized carbons (Fsp3) is 0.368. The molecule has 1 nitrogen and oxygen atoms in total. The van der Waals surface area contributed by atoms with E-state index in [1.807, 2.05) is 0 Å². The minimum atomic E-state index is 0.357. The zero-order chi connectivity index (χ0) is 14.9. The lowest BCUT2D eigenvalue weighted by Gasteiger charge is -2.28. The minimum Gasteiger partial charge on any atom is -0.309 e. The van der Waals surface area contributed by atoms with Crippen LogP contribution >= 0.6 is 11.8 Å². The first-order valence-corrected chi connectivity index (χ1v) is 8.86. The van der Waals surface area contributed by atoms with E-state index in [1.54, 1.807) is 0 Å². The van der Waals surface area contributed by atoms with E-state index in [-0.39, 0.29) is 0 Å². The lowest BCUT2D eigenvalue weighted by molar-refractivity contribution is 0.541. The van der Waals surface area contributed by atoms with Gasteiger partial charge in [-0.1, -0.05) is 74.5 Å². The van der Waals surface area contributed by atoms with Crippen LogP contribution in [0.5, 0.6) is 0 Å². The van der Waals surface area contributed by atoms with Crippen LogP contribution in [-0.4, -0.2) is 12.3 Å². The third kappa shape index (κ3) is 4.62. The monoisotopic (exact) mass is 299 g/mol. The van der Waals surface area contributed by atoms with E-state index in [4.69, 9.17) is 0 Å². The lowest BCUT2D eigenvalue weighted by atomic mass is 9.98. The fourth-order valence-corrected chi connectivity index (χ4v) is 3.84. The highest BCUT2D eigenvalue weighted by Gasteiger charge is 2.24. The van der Waals surface area contributed by atoms with Crippen LogP contribution in [0.25, 0.3) is 0 Å². The number of likely N-dealkylation sites (N-methyl/N-ethyl adjacent to an activating group) is 1. The highest BCUT2D eigenvalue weighted by atomic mass is 32.2. The summed E-state index contributed by atoms with van der Waals surface area (Å²) in [5.74, 6) is 1.19. The molecular formula is C19H25NS. The highest BCUT2D eigenvalue weighted by Crippen LogP contribution is 2.40. The summed E-state index contributed by atoms with van der Waals surface area (Å²) >= 11 is 2.06. The standard InChI is InChI=1S/C19H25NS/c1-3-15-21-19(17-13-9-6-10-14-17)18(20-4-2)16-11-7-5-8-12-16/h5-14,18-20H,3-4,15H2,1-2H3. The first kappa shape index (κ1) is 16.1. The van der Waals surface area contributed by atoms with Crippen LogP contribution in [0.3, 0.4) is 0 Å². The quantitative estimate of drug-likeness (QED) is 0.717. The third-order valence-corrected chi connectivity index (χ3v) is 5.06. The van der Waals surface area contributed by atoms with Crippen molar-refractivity contribution in [3.05, 3.63) is 71.8 Å². The van der Waals surface area contributed by atoms with Crippen molar-refractivity contribution >= 4 is 11.8 Å². The zero-order valence-corrected chi connectivity index (χ0v) is 13.8. The molecule has 0 fully saturated rings. The van der Waals surface area contributed by atoms with Crippen LogP contribution in [0.1, 0.15) is 42.7 Å². The largest absolute Gasteiger partial charge is 0.309 e. The Morgan fingerprint density at radius 1 is 0.857 bits per heavy atom. The zero-order valence-electron chi connectivity index (χ0n) is 13.0. The molecule has 0 amide bonds. The van der Waals surface area contributed by atoms with E-state index in [1.165, 1.54) is 23.3 Å². The molecule has 21 heavy (non-hydrogen) atoms. The second-order valence-electron chi connectivity index (χ2n) is 5.15. The molecule has 2 aromatic carbocycles. The normalized spacial score (nSPS) is 13.8. The maximum Gasteiger partial charge on any atom is 0.0492 e. The van der Waals surface area contributed by atoms with Gasteiger partial charge in [0.15, 0.2) is 0 Å². The second-order valence-corrected chi connectivity index (χ2v) is 6.40. The van der Waals surface area contributed by atoms with Crippen LogP contribution in [-0.2, 0) is 0 Å². The Labute approximate surface area is 133 Å². The molecule has 112 valence electrons. The number of hydrogen-bond acceptors (Lipinski definition) is 2. The van der Waals surface area contributed by atoms with Crippen LogP contribution in [0.15, 0.2) is 60.7 Å². The molecular weight excluding hydrogens is 274 g/mol. The summed E-state index contributed by atoms with van der Waals surface area (Å²) in [6.07, 6.45) is 1.21. The average Bonchev–Trinajstić information content (AvgIpc) is 2.56. The summed E-state index contributed by atoms with van der Waals surface area (Å²) in [6.45, 7) is 5.41. The van der Waals surface area contributed by atoms with E-state index < -0.39 is 0 Å². The van der Waals surface area contributed by atoms with Gasteiger partial charge in [-0.15, -0.1) is 0 Å². The van der Waals surface area contributed by atoms with Crippen LogP contribution in [0.4, 0.5) is 0 Å². The first-order chi connectivity index (χ1) is 10.4. The molecule has 2 heteroatoms. The van der Waals surface area contributed by atoms with Gasteiger partial charge in [-0.25, -0.2) is 0 Å². The summed E-state index contributed by atoms with van der Waals surface area (Å²) in [6, 6.07) is 22.0. The number of hydrogen-bond donors (Lipinski definition) is 1. The SMILES string of the molecule is CCCSC(c1ccccc1)C(NCC)c1ccccc1. The van der Waals surface area contributed by atoms with Gasteiger partial charge in [-0.2, -0.15) is 11.8 Å². The van der Waals surface area contributed by atoms with Gasteiger partial charge in [-0.3, -0.25) is 0 Å². The molecule has 0 bridgehead atoms. The van der Waals surface area contributed by atoms with E-state index in [0.29, 0.717) is 11.3 Å². The molecule has 2 aromatic rings. The summed E-state index contributed by atoms with van der Waals surface area (Å²) in [7, 11) is 0. The number of benzene rings is 2. The Morgan fingerprint density at radius 2 is 1.43 bits per heavy atom. The van der Waals surface area contributed by atoms with Gasteiger partial charge < -0.3 is 5.32 Å². The van der Waals surface area contributed by atoms with E-state index in [2.05, 4.69) is 91.6 Å². The lowest BCUT2D eigenvalue weighted by Crippen LogP contribution is -2.26. The Bertz CT molecular complexity index is 497. The average molecular weight is 299 g/mol. The van der Waals surface area contributed by atoms with Crippen molar-refractivity contribution in [1.82, 2.24) is 5.32 Å². The van der Waals surface area contributed by atoms with Gasteiger partial charge in [0, 0.05) is 11.3 Å². The Kier molecular flexibility index (Phi) is 6.84. The molecule has 0 aromatic heterocycles. The highest BCUT2D eigenvalue weighted by molar-refractivity contribution is 7.99. The predicted molar refractivity (Wildman–Crippen MR) is 94.8 cm³/mol. The van der Waals surface area contributed by atoms with Gasteiger partial charge in [0.25, 0.3) is 0 Å². The Morgan fingerprint density at radius 3 is 1.95 bits per heavy atom. The van der Waals surface area contributed by atoms with Gasteiger partial charge >= 0.3 is 0 Å². The summed E-state index contributed by atoms with van der Waals surface area (Å²) < 4.78 is 0. The smallest absolute Gasteiger partial charge is 0.0492 e. The van der Waals surface area contributed by atoms with Gasteiger partial charge in [0.2, 0.25) is 0 Å². The van der Waals surface area contributed by atoms with Crippen LogP contribution in [0, 0.1) is 0 Å². The van der Waals surface area contributed by atoms with Crippen molar-refractivity contribution in [1.29, 1.82) is 0 Å². The number of nitrogens with one attached hydrogen (secondary N) is 1. The second kappa shape index (κ2) is 8.91. The van der Waals surface area contributed by atoms with E-state index in [9.17, 15) is 0 Å². The molecule has 0 aliphatic rings. The molecule has 0 aliphatic heterocycles. The van der Waals surface area contributed by atoms with Crippen molar-refractivity contribution in [3.63, 3.8) is 0 Å². The summed E-state index contributed by atoms with van der Waals surface area (Å²) in [4.78, 5) is 0. The molecule has 0 aliphatic carbocycles. The third-order valence-electron chi connectivity index (χ3n) is 3.52. The van der Waals surface area contributed by atoms with Crippen molar-refractivity contribution in [2.45, 2.75) is 31.6 Å². The fourth-order valence-electron chi connectivity index (χ4n) is 2.55. The van der Waals surface area contributed by atoms with Gasteiger partial charge in [0.05, 0.1) is 0 Å². The van der Waals surface area contributed by atoms with Crippen molar-refractivity contribution in [2.24, 2.45) is 0 Å². The van der Waals surface area contributed by atoms with Crippen molar-refractivity contribution in [3.8, 4) is 0 Å². The number of rotatable bonds is 8. The molecule has 2 rings (SSSR count).